The molecular weight excluding hydrogens is 166 g/mol. The predicted molar refractivity (Wildman–Crippen MR) is 50.5 cm³/mol. The second-order valence-corrected chi connectivity index (χ2v) is 4.16. The Kier molecular flexibility index (Phi) is 3.19. The third kappa shape index (κ3) is 2.42. The first-order chi connectivity index (χ1) is 6.36. The van der Waals surface area contributed by atoms with E-state index in [-0.39, 0.29) is 6.04 Å². The molecule has 0 saturated carbocycles. The molecule has 0 aliphatic carbocycles. The van der Waals surface area contributed by atoms with E-state index in [4.69, 9.17) is 15.2 Å². The van der Waals surface area contributed by atoms with E-state index >= 15 is 0 Å². The molecule has 0 spiro atoms. The van der Waals surface area contributed by atoms with Gasteiger partial charge in [0.2, 0.25) is 0 Å². The number of hydrogen-bond donors (Lipinski definition) is 1. The van der Waals surface area contributed by atoms with Gasteiger partial charge in [0.05, 0.1) is 12.7 Å². The van der Waals surface area contributed by atoms with Gasteiger partial charge in [-0.25, -0.2) is 0 Å². The van der Waals surface area contributed by atoms with Gasteiger partial charge in [0.25, 0.3) is 0 Å². The number of rotatable bonds is 3. The minimum absolute atomic E-state index is 0.283. The van der Waals surface area contributed by atoms with Crippen molar-refractivity contribution in [3.63, 3.8) is 0 Å². The summed E-state index contributed by atoms with van der Waals surface area (Å²) in [7, 11) is 0. The average molecular weight is 185 g/mol. The molecular formula is C10H19NO2. The molecule has 76 valence electrons. The van der Waals surface area contributed by atoms with Crippen LogP contribution in [0.15, 0.2) is 0 Å². The van der Waals surface area contributed by atoms with Crippen molar-refractivity contribution in [1.29, 1.82) is 0 Å². The monoisotopic (exact) mass is 185 g/mol. The third-order valence-electron chi connectivity index (χ3n) is 3.13. The highest BCUT2D eigenvalue weighted by Crippen LogP contribution is 2.23. The Morgan fingerprint density at radius 2 is 2.23 bits per heavy atom. The molecule has 0 radical (unpaired) electrons. The van der Waals surface area contributed by atoms with Crippen molar-refractivity contribution in [2.45, 2.75) is 37.8 Å². The summed E-state index contributed by atoms with van der Waals surface area (Å²) in [6.45, 7) is 2.68. The molecule has 0 aromatic rings. The van der Waals surface area contributed by atoms with Crippen molar-refractivity contribution in [2.75, 3.05) is 19.8 Å². The van der Waals surface area contributed by atoms with Gasteiger partial charge in [-0.15, -0.1) is 0 Å². The lowest BCUT2D eigenvalue weighted by Gasteiger charge is -2.20. The topological polar surface area (TPSA) is 44.5 Å². The summed E-state index contributed by atoms with van der Waals surface area (Å²) < 4.78 is 10.9. The normalized spacial score (nSPS) is 36.7. The van der Waals surface area contributed by atoms with Crippen LogP contribution in [0.2, 0.25) is 0 Å². The van der Waals surface area contributed by atoms with Crippen LogP contribution in [0.1, 0.15) is 25.7 Å². The van der Waals surface area contributed by atoms with Gasteiger partial charge in [-0.1, -0.05) is 0 Å². The first kappa shape index (κ1) is 9.44. The molecule has 0 amide bonds. The zero-order chi connectivity index (χ0) is 9.10. The summed E-state index contributed by atoms with van der Waals surface area (Å²) in [6, 6.07) is 0.283. The Bertz CT molecular complexity index is 151. The van der Waals surface area contributed by atoms with Crippen LogP contribution >= 0.6 is 0 Å². The minimum atomic E-state index is 0.283. The quantitative estimate of drug-likeness (QED) is 0.711. The SMILES string of the molecule is NC(CC1CCCO1)C1CCOC1. The fraction of sp³-hybridized carbons (Fsp3) is 1.00. The van der Waals surface area contributed by atoms with Crippen LogP contribution in [-0.4, -0.2) is 32.0 Å². The van der Waals surface area contributed by atoms with Gasteiger partial charge in [-0.3, -0.25) is 0 Å². The summed E-state index contributed by atoms with van der Waals surface area (Å²) in [5.74, 6) is 0.573. The summed E-state index contributed by atoms with van der Waals surface area (Å²) in [5.41, 5.74) is 6.10. The van der Waals surface area contributed by atoms with E-state index in [2.05, 4.69) is 0 Å². The number of nitrogens with two attached hydrogens (primary N) is 1. The van der Waals surface area contributed by atoms with Gasteiger partial charge in [-0.2, -0.15) is 0 Å². The highest BCUT2D eigenvalue weighted by molar-refractivity contribution is 4.80. The van der Waals surface area contributed by atoms with Gasteiger partial charge < -0.3 is 15.2 Å². The Morgan fingerprint density at radius 1 is 1.31 bits per heavy atom. The lowest BCUT2D eigenvalue weighted by atomic mass is 9.94. The summed E-state index contributed by atoms with van der Waals surface area (Å²) >= 11 is 0. The smallest absolute Gasteiger partial charge is 0.0590 e. The largest absolute Gasteiger partial charge is 0.381 e. The number of hydrogen-bond acceptors (Lipinski definition) is 3. The Balaban J connectivity index is 1.73. The fourth-order valence-electron chi connectivity index (χ4n) is 2.22. The summed E-state index contributed by atoms with van der Waals surface area (Å²) in [4.78, 5) is 0. The molecule has 2 aliphatic rings. The van der Waals surface area contributed by atoms with Gasteiger partial charge in [0.1, 0.15) is 0 Å². The highest BCUT2D eigenvalue weighted by Gasteiger charge is 2.26. The summed E-state index contributed by atoms with van der Waals surface area (Å²) in [5, 5.41) is 0. The van der Waals surface area contributed by atoms with Gasteiger partial charge in [0.15, 0.2) is 0 Å². The molecule has 13 heavy (non-hydrogen) atoms. The Hall–Kier alpha value is -0.120. The van der Waals surface area contributed by atoms with E-state index in [9.17, 15) is 0 Å². The minimum Gasteiger partial charge on any atom is -0.381 e. The average Bonchev–Trinajstić information content (AvgIpc) is 2.74. The zero-order valence-electron chi connectivity index (χ0n) is 8.08. The lowest BCUT2D eigenvalue weighted by Crippen LogP contribution is -2.34. The molecule has 3 heteroatoms. The lowest BCUT2D eigenvalue weighted by molar-refractivity contribution is 0.0901. The van der Waals surface area contributed by atoms with Crippen LogP contribution in [0.25, 0.3) is 0 Å². The maximum absolute atomic E-state index is 6.10. The highest BCUT2D eigenvalue weighted by atomic mass is 16.5. The van der Waals surface area contributed by atoms with Crippen LogP contribution in [-0.2, 0) is 9.47 Å². The van der Waals surface area contributed by atoms with E-state index in [1.807, 2.05) is 0 Å². The molecule has 3 atom stereocenters. The molecule has 2 fully saturated rings. The predicted octanol–water partition coefficient (Wildman–Crippen LogP) is 0.919. The molecule has 0 bridgehead atoms. The van der Waals surface area contributed by atoms with E-state index in [1.54, 1.807) is 0 Å². The molecule has 2 rings (SSSR count). The molecule has 2 heterocycles. The molecule has 0 aromatic heterocycles. The van der Waals surface area contributed by atoms with Crippen molar-refractivity contribution >= 4 is 0 Å². The second kappa shape index (κ2) is 4.40. The van der Waals surface area contributed by atoms with Crippen molar-refractivity contribution in [2.24, 2.45) is 11.7 Å². The van der Waals surface area contributed by atoms with E-state index in [0.29, 0.717) is 12.0 Å². The molecule has 2 aliphatic heterocycles. The van der Waals surface area contributed by atoms with E-state index < -0.39 is 0 Å². The van der Waals surface area contributed by atoms with E-state index in [0.717, 1.165) is 32.7 Å². The van der Waals surface area contributed by atoms with Crippen LogP contribution in [0.5, 0.6) is 0 Å². The summed E-state index contributed by atoms with van der Waals surface area (Å²) in [6.07, 6.45) is 4.98. The van der Waals surface area contributed by atoms with Crippen molar-refractivity contribution in [3.8, 4) is 0 Å². The Labute approximate surface area is 79.6 Å². The fourth-order valence-corrected chi connectivity index (χ4v) is 2.22. The maximum Gasteiger partial charge on any atom is 0.0590 e. The van der Waals surface area contributed by atoms with Crippen molar-refractivity contribution < 1.29 is 9.47 Å². The van der Waals surface area contributed by atoms with Crippen LogP contribution in [0.3, 0.4) is 0 Å². The molecule has 2 saturated heterocycles. The zero-order valence-corrected chi connectivity index (χ0v) is 8.08. The number of ether oxygens (including phenoxy) is 2. The Morgan fingerprint density at radius 3 is 2.85 bits per heavy atom. The standard InChI is InChI=1S/C10H19NO2/c11-10(8-3-5-12-7-8)6-9-2-1-4-13-9/h8-10H,1-7,11H2. The molecule has 0 aromatic carbocycles. The van der Waals surface area contributed by atoms with Crippen LogP contribution < -0.4 is 5.73 Å². The van der Waals surface area contributed by atoms with E-state index in [1.165, 1.54) is 12.8 Å². The van der Waals surface area contributed by atoms with Gasteiger partial charge in [-0.05, 0) is 31.6 Å². The maximum atomic E-state index is 6.10. The van der Waals surface area contributed by atoms with Crippen LogP contribution in [0.4, 0.5) is 0 Å². The van der Waals surface area contributed by atoms with Crippen molar-refractivity contribution in [1.82, 2.24) is 0 Å². The molecule has 2 N–H and O–H groups in total. The van der Waals surface area contributed by atoms with Crippen molar-refractivity contribution in [3.05, 3.63) is 0 Å². The third-order valence-corrected chi connectivity index (χ3v) is 3.13. The van der Waals surface area contributed by atoms with Crippen LogP contribution in [0, 0.1) is 5.92 Å². The first-order valence-corrected chi connectivity index (χ1v) is 5.31. The molecule has 3 nitrogen and oxygen atoms in total. The van der Waals surface area contributed by atoms with Gasteiger partial charge >= 0.3 is 0 Å². The first-order valence-electron chi connectivity index (χ1n) is 5.31. The molecule has 3 unspecified atom stereocenters. The van der Waals surface area contributed by atoms with Gasteiger partial charge in [0, 0.05) is 19.3 Å². The second-order valence-electron chi connectivity index (χ2n) is 4.16.